The molecule has 6 heteroatoms. The summed E-state index contributed by atoms with van der Waals surface area (Å²) in [6, 6.07) is 15.9. The van der Waals surface area contributed by atoms with E-state index in [0.717, 1.165) is 17.1 Å². The van der Waals surface area contributed by atoms with Gasteiger partial charge in [-0.1, -0.05) is 41.9 Å². The summed E-state index contributed by atoms with van der Waals surface area (Å²) in [5.41, 5.74) is 0.946. The molecule has 0 aromatic heterocycles. The SMILES string of the molecule is COc1ccc(NC(=O)COc2ccc3ccccc3c2C=O)cc1Cl. The van der Waals surface area contributed by atoms with E-state index < -0.39 is 0 Å². The Morgan fingerprint density at radius 2 is 1.88 bits per heavy atom. The van der Waals surface area contributed by atoms with E-state index in [4.69, 9.17) is 21.1 Å². The molecule has 0 unspecified atom stereocenters. The van der Waals surface area contributed by atoms with Crippen LogP contribution in [0.3, 0.4) is 0 Å². The summed E-state index contributed by atoms with van der Waals surface area (Å²) >= 11 is 6.03. The largest absolute Gasteiger partial charge is 0.495 e. The first-order valence-corrected chi connectivity index (χ1v) is 8.23. The monoisotopic (exact) mass is 369 g/mol. The number of halogens is 1. The van der Waals surface area contributed by atoms with Crippen molar-refractivity contribution in [3.63, 3.8) is 0 Å². The van der Waals surface area contributed by atoms with Crippen LogP contribution in [0.25, 0.3) is 10.8 Å². The van der Waals surface area contributed by atoms with Gasteiger partial charge in [-0.05, 0) is 35.0 Å². The Morgan fingerprint density at radius 3 is 2.62 bits per heavy atom. The van der Waals surface area contributed by atoms with E-state index in [-0.39, 0.29) is 12.5 Å². The Labute approximate surface area is 155 Å². The Hall–Kier alpha value is -3.05. The summed E-state index contributed by atoms with van der Waals surface area (Å²) in [5, 5.41) is 4.79. The number of ether oxygens (including phenoxy) is 2. The van der Waals surface area contributed by atoms with Crippen molar-refractivity contribution in [2.24, 2.45) is 0 Å². The van der Waals surface area contributed by atoms with Crippen molar-refractivity contribution in [1.82, 2.24) is 0 Å². The van der Waals surface area contributed by atoms with Crippen molar-refractivity contribution in [1.29, 1.82) is 0 Å². The highest BCUT2D eigenvalue weighted by molar-refractivity contribution is 6.32. The van der Waals surface area contributed by atoms with E-state index in [2.05, 4.69) is 5.32 Å². The molecule has 132 valence electrons. The minimum absolute atomic E-state index is 0.233. The molecule has 26 heavy (non-hydrogen) atoms. The summed E-state index contributed by atoms with van der Waals surface area (Å²) in [5.74, 6) is 0.519. The van der Waals surface area contributed by atoms with Crippen molar-refractivity contribution in [3.8, 4) is 11.5 Å². The quantitative estimate of drug-likeness (QED) is 0.657. The van der Waals surface area contributed by atoms with Crippen LogP contribution in [0.4, 0.5) is 5.69 Å². The van der Waals surface area contributed by atoms with Gasteiger partial charge in [0.2, 0.25) is 0 Å². The van der Waals surface area contributed by atoms with Gasteiger partial charge in [-0.3, -0.25) is 9.59 Å². The minimum Gasteiger partial charge on any atom is -0.495 e. The molecule has 3 rings (SSSR count). The predicted octanol–water partition coefficient (Wildman–Crippen LogP) is 4.33. The first-order valence-electron chi connectivity index (χ1n) is 7.85. The van der Waals surface area contributed by atoms with E-state index in [1.807, 2.05) is 30.3 Å². The molecule has 0 bridgehead atoms. The summed E-state index contributed by atoms with van der Waals surface area (Å²) < 4.78 is 10.6. The molecule has 1 N–H and O–H groups in total. The van der Waals surface area contributed by atoms with Crippen molar-refractivity contribution in [3.05, 3.63) is 65.2 Å². The lowest BCUT2D eigenvalue weighted by Crippen LogP contribution is -2.20. The fraction of sp³-hybridized carbons (Fsp3) is 0.100. The molecule has 3 aromatic rings. The van der Waals surface area contributed by atoms with Crippen LogP contribution in [0, 0.1) is 0 Å². The molecule has 1 amide bonds. The smallest absolute Gasteiger partial charge is 0.262 e. The van der Waals surface area contributed by atoms with Crippen molar-refractivity contribution < 1.29 is 19.1 Å². The number of hydrogen-bond acceptors (Lipinski definition) is 4. The number of rotatable bonds is 6. The fourth-order valence-electron chi connectivity index (χ4n) is 2.61. The summed E-state index contributed by atoms with van der Waals surface area (Å²) in [6.07, 6.45) is 0.735. The molecule has 5 nitrogen and oxygen atoms in total. The second kappa shape index (κ2) is 7.89. The third kappa shape index (κ3) is 3.78. The van der Waals surface area contributed by atoms with Crippen LogP contribution in [0.5, 0.6) is 11.5 Å². The Bertz CT molecular complexity index is 971. The molecule has 0 heterocycles. The molecular weight excluding hydrogens is 354 g/mol. The summed E-state index contributed by atoms with van der Waals surface area (Å²) in [7, 11) is 1.52. The average Bonchev–Trinajstić information content (AvgIpc) is 2.66. The van der Waals surface area contributed by atoms with Gasteiger partial charge in [-0.25, -0.2) is 0 Å². The van der Waals surface area contributed by atoms with Crippen LogP contribution < -0.4 is 14.8 Å². The first kappa shape index (κ1) is 17.8. The highest BCUT2D eigenvalue weighted by atomic mass is 35.5. The number of fused-ring (bicyclic) bond motifs is 1. The van der Waals surface area contributed by atoms with Crippen molar-refractivity contribution in [2.45, 2.75) is 0 Å². The second-order valence-corrected chi connectivity index (χ2v) is 5.91. The van der Waals surface area contributed by atoms with Gasteiger partial charge in [0.25, 0.3) is 5.91 Å². The molecule has 0 saturated carbocycles. The Morgan fingerprint density at radius 1 is 1.12 bits per heavy atom. The zero-order chi connectivity index (χ0) is 18.5. The maximum atomic E-state index is 12.1. The maximum Gasteiger partial charge on any atom is 0.262 e. The van der Waals surface area contributed by atoms with E-state index >= 15 is 0 Å². The predicted molar refractivity (Wildman–Crippen MR) is 101 cm³/mol. The number of benzene rings is 3. The molecule has 0 aliphatic rings. The Balaban J connectivity index is 1.71. The number of carbonyl (C=O) groups is 2. The second-order valence-electron chi connectivity index (χ2n) is 5.50. The summed E-state index contributed by atoms with van der Waals surface area (Å²) in [4.78, 5) is 23.6. The molecule has 0 aliphatic heterocycles. The minimum atomic E-state index is -0.365. The van der Waals surface area contributed by atoms with Crippen LogP contribution in [-0.4, -0.2) is 25.9 Å². The van der Waals surface area contributed by atoms with Gasteiger partial charge < -0.3 is 14.8 Å². The number of aldehydes is 1. The van der Waals surface area contributed by atoms with Gasteiger partial charge in [-0.2, -0.15) is 0 Å². The standard InChI is InChI=1S/C20H16ClNO4/c1-25-19-9-7-14(10-17(19)21)22-20(24)12-26-18-8-6-13-4-2-3-5-15(13)16(18)11-23/h2-11H,12H2,1H3,(H,22,24). The molecule has 0 spiro atoms. The number of nitrogens with one attached hydrogen (secondary N) is 1. The molecule has 0 fully saturated rings. The molecule has 0 radical (unpaired) electrons. The lowest BCUT2D eigenvalue weighted by Gasteiger charge is -2.11. The van der Waals surface area contributed by atoms with Gasteiger partial charge in [0.05, 0.1) is 17.7 Å². The topological polar surface area (TPSA) is 64.6 Å². The van der Waals surface area contributed by atoms with Crippen LogP contribution in [0.1, 0.15) is 10.4 Å². The van der Waals surface area contributed by atoms with Gasteiger partial charge in [-0.15, -0.1) is 0 Å². The van der Waals surface area contributed by atoms with Crippen LogP contribution in [0.2, 0.25) is 5.02 Å². The van der Waals surface area contributed by atoms with E-state index in [1.165, 1.54) is 7.11 Å². The molecule has 3 aromatic carbocycles. The van der Waals surface area contributed by atoms with Gasteiger partial charge in [0, 0.05) is 5.69 Å². The number of carbonyl (C=O) groups excluding carboxylic acids is 2. The molecule has 0 aliphatic carbocycles. The number of hydrogen-bond donors (Lipinski definition) is 1. The van der Waals surface area contributed by atoms with Crippen molar-refractivity contribution in [2.75, 3.05) is 19.0 Å². The maximum absolute atomic E-state index is 12.1. The lowest BCUT2D eigenvalue weighted by molar-refractivity contribution is -0.118. The van der Waals surface area contributed by atoms with Gasteiger partial charge >= 0.3 is 0 Å². The third-order valence-electron chi connectivity index (χ3n) is 3.84. The number of methoxy groups -OCH3 is 1. The lowest BCUT2D eigenvalue weighted by atomic mass is 10.0. The number of anilines is 1. The van der Waals surface area contributed by atoms with Crippen LogP contribution in [-0.2, 0) is 4.79 Å². The molecular formula is C20H16ClNO4. The fourth-order valence-corrected chi connectivity index (χ4v) is 2.87. The van der Waals surface area contributed by atoms with Crippen LogP contribution >= 0.6 is 11.6 Å². The number of amides is 1. The average molecular weight is 370 g/mol. The normalized spacial score (nSPS) is 10.4. The molecule has 0 saturated heterocycles. The van der Waals surface area contributed by atoms with Gasteiger partial charge in [0.15, 0.2) is 12.9 Å². The van der Waals surface area contributed by atoms with E-state index in [1.54, 1.807) is 24.3 Å². The highest BCUT2D eigenvalue weighted by Gasteiger charge is 2.11. The van der Waals surface area contributed by atoms with Gasteiger partial charge in [0.1, 0.15) is 11.5 Å². The van der Waals surface area contributed by atoms with E-state index in [0.29, 0.717) is 27.8 Å². The first-order chi connectivity index (χ1) is 12.6. The summed E-state index contributed by atoms with van der Waals surface area (Å²) in [6.45, 7) is -0.233. The zero-order valence-electron chi connectivity index (χ0n) is 14.0. The highest BCUT2D eigenvalue weighted by Crippen LogP contribution is 2.28. The zero-order valence-corrected chi connectivity index (χ0v) is 14.7. The van der Waals surface area contributed by atoms with Crippen molar-refractivity contribution >= 4 is 40.3 Å². The van der Waals surface area contributed by atoms with Crippen LogP contribution in [0.15, 0.2) is 54.6 Å². The third-order valence-corrected chi connectivity index (χ3v) is 4.14. The molecule has 0 atom stereocenters. The Kier molecular flexibility index (Phi) is 5.39. The van der Waals surface area contributed by atoms with E-state index in [9.17, 15) is 9.59 Å².